The molecule has 1 fully saturated rings. The molecule has 13 heteroatoms. The Morgan fingerprint density at radius 1 is 1.08 bits per heavy atom. The predicted octanol–water partition coefficient (Wildman–Crippen LogP) is 2.19. The van der Waals surface area contributed by atoms with Gasteiger partial charge in [0, 0.05) is 17.8 Å². The molecule has 3 amide bonds. The van der Waals surface area contributed by atoms with Gasteiger partial charge >= 0.3 is 0 Å². The van der Waals surface area contributed by atoms with Crippen LogP contribution in [0.3, 0.4) is 0 Å². The fourth-order valence-electron chi connectivity index (χ4n) is 3.75. The quantitative estimate of drug-likeness (QED) is 0.300. The van der Waals surface area contributed by atoms with Crippen molar-refractivity contribution in [2.75, 3.05) is 35.7 Å². The van der Waals surface area contributed by atoms with Crippen LogP contribution in [-0.4, -0.2) is 65.4 Å². The molecular formula is C23H20N3O7S3-. The van der Waals surface area contributed by atoms with E-state index in [9.17, 15) is 27.4 Å². The molecule has 0 saturated carbocycles. The van der Waals surface area contributed by atoms with Gasteiger partial charge in [-0.05, 0) is 37.3 Å². The summed E-state index contributed by atoms with van der Waals surface area (Å²) in [4.78, 5) is 41.5. The van der Waals surface area contributed by atoms with Crippen molar-refractivity contribution in [1.82, 2.24) is 4.90 Å². The van der Waals surface area contributed by atoms with Crippen molar-refractivity contribution in [3.63, 3.8) is 0 Å². The second-order valence-corrected chi connectivity index (χ2v) is 10.9. The van der Waals surface area contributed by atoms with E-state index in [0.29, 0.717) is 29.3 Å². The molecule has 2 aromatic rings. The van der Waals surface area contributed by atoms with Gasteiger partial charge in [0.1, 0.15) is 16.6 Å². The van der Waals surface area contributed by atoms with E-state index in [1.165, 1.54) is 4.90 Å². The first kappa shape index (κ1) is 25.8. The van der Waals surface area contributed by atoms with Crippen LogP contribution in [0.5, 0.6) is 5.75 Å². The molecule has 0 aromatic heterocycles. The number of carbonyl (C=O) groups is 3. The van der Waals surface area contributed by atoms with E-state index in [0.717, 1.165) is 16.7 Å². The van der Waals surface area contributed by atoms with Crippen LogP contribution in [0.4, 0.5) is 11.4 Å². The summed E-state index contributed by atoms with van der Waals surface area (Å²) in [6.45, 7) is 1.67. The summed E-state index contributed by atoms with van der Waals surface area (Å²) in [5.74, 6) is -1.81. The Balaban J connectivity index is 1.57. The lowest BCUT2D eigenvalue weighted by Crippen LogP contribution is -2.36. The van der Waals surface area contributed by atoms with Gasteiger partial charge < -0.3 is 14.6 Å². The average molecular weight is 547 g/mol. The second kappa shape index (κ2) is 10.4. The van der Waals surface area contributed by atoms with E-state index in [4.69, 9.17) is 17.0 Å². The van der Waals surface area contributed by atoms with Gasteiger partial charge in [0.25, 0.3) is 11.8 Å². The Labute approximate surface area is 217 Å². The second-order valence-electron chi connectivity index (χ2n) is 7.70. The van der Waals surface area contributed by atoms with Crippen molar-refractivity contribution in [3.8, 4) is 5.75 Å². The van der Waals surface area contributed by atoms with Gasteiger partial charge in [0.2, 0.25) is 5.91 Å². The van der Waals surface area contributed by atoms with Crippen LogP contribution in [0.1, 0.15) is 12.5 Å². The molecular weight excluding hydrogens is 526 g/mol. The highest BCUT2D eigenvalue weighted by Crippen LogP contribution is 2.44. The van der Waals surface area contributed by atoms with E-state index in [1.807, 2.05) is 6.92 Å². The number of nitrogens with one attached hydrogen (secondary N) is 1. The molecule has 2 aliphatic rings. The number of para-hydroxylation sites is 1. The average Bonchev–Trinajstić information content (AvgIpc) is 3.25. The summed E-state index contributed by atoms with van der Waals surface area (Å²) in [7, 11) is -4.56. The Bertz CT molecular complexity index is 1390. The van der Waals surface area contributed by atoms with Gasteiger partial charge in [0.05, 0.1) is 38.6 Å². The molecule has 0 aliphatic carbocycles. The molecule has 36 heavy (non-hydrogen) atoms. The number of ether oxygens (including phenoxy) is 1. The smallest absolute Gasteiger partial charge is 0.267 e. The Kier molecular flexibility index (Phi) is 7.45. The van der Waals surface area contributed by atoms with E-state index in [-0.39, 0.29) is 21.3 Å². The first-order chi connectivity index (χ1) is 17.1. The molecule has 0 spiro atoms. The maximum atomic E-state index is 13.4. The SMILES string of the molecule is CCOc1ccc(NC(=O)CN2C(=O)/C(=C3/SC(=S)N(CCS(=O)(=O)[O-])C3=O)c3ccccc32)cc1. The summed E-state index contributed by atoms with van der Waals surface area (Å²) in [6.07, 6.45) is 0. The Hall–Kier alpha value is -3.26. The fraction of sp³-hybridized carbons (Fsp3) is 0.217. The standard InChI is InChI=1S/C23H21N3O7S3/c1-2-33-15-9-7-14(8-10-15)24-18(27)13-26-17-6-4-3-5-16(17)19(21(26)28)20-22(29)25(23(34)35-20)11-12-36(30,31)32/h3-10H,2,11-13H2,1H3,(H,24,27)(H,30,31,32)/p-1/b20-19+. The normalized spacial score (nSPS) is 17.6. The molecule has 2 heterocycles. The number of fused-ring (bicyclic) bond motifs is 1. The number of nitrogens with zero attached hydrogens (tertiary/aromatic N) is 2. The van der Waals surface area contributed by atoms with Crippen LogP contribution in [0.2, 0.25) is 0 Å². The molecule has 0 radical (unpaired) electrons. The van der Waals surface area contributed by atoms with Crippen LogP contribution in [0.25, 0.3) is 5.57 Å². The van der Waals surface area contributed by atoms with Crippen LogP contribution < -0.4 is 15.0 Å². The number of amides is 3. The molecule has 0 bridgehead atoms. The van der Waals surface area contributed by atoms with Crippen LogP contribution in [0, 0.1) is 0 Å². The number of rotatable bonds is 8. The van der Waals surface area contributed by atoms with Crippen molar-refractivity contribution in [3.05, 3.63) is 59.0 Å². The zero-order chi connectivity index (χ0) is 26.0. The molecule has 2 aromatic carbocycles. The number of carbonyl (C=O) groups excluding carboxylic acids is 3. The van der Waals surface area contributed by atoms with Crippen LogP contribution in [-0.2, 0) is 24.5 Å². The number of hydrogen-bond donors (Lipinski definition) is 1. The van der Waals surface area contributed by atoms with E-state index >= 15 is 0 Å². The molecule has 10 nitrogen and oxygen atoms in total. The third kappa shape index (κ3) is 5.43. The number of benzene rings is 2. The van der Waals surface area contributed by atoms with E-state index in [1.54, 1.807) is 48.5 Å². The predicted molar refractivity (Wildman–Crippen MR) is 138 cm³/mol. The van der Waals surface area contributed by atoms with Crippen molar-refractivity contribution in [2.45, 2.75) is 6.92 Å². The first-order valence-corrected chi connectivity index (χ1v) is 13.5. The van der Waals surface area contributed by atoms with Gasteiger partial charge in [-0.1, -0.05) is 42.2 Å². The minimum atomic E-state index is -4.56. The van der Waals surface area contributed by atoms with Crippen molar-refractivity contribution in [1.29, 1.82) is 0 Å². The largest absolute Gasteiger partial charge is 0.748 e. The minimum Gasteiger partial charge on any atom is -0.748 e. The van der Waals surface area contributed by atoms with Gasteiger partial charge in [-0.2, -0.15) is 0 Å². The Morgan fingerprint density at radius 2 is 1.78 bits per heavy atom. The minimum absolute atomic E-state index is 0.0233. The van der Waals surface area contributed by atoms with Crippen LogP contribution >= 0.6 is 24.0 Å². The summed E-state index contributed by atoms with van der Waals surface area (Å²) in [5.41, 5.74) is 1.50. The van der Waals surface area contributed by atoms with E-state index in [2.05, 4.69) is 5.32 Å². The lowest BCUT2D eigenvalue weighted by molar-refractivity contribution is -0.122. The van der Waals surface area contributed by atoms with E-state index < -0.39 is 40.1 Å². The molecule has 1 saturated heterocycles. The lowest BCUT2D eigenvalue weighted by Gasteiger charge is -2.17. The molecule has 4 rings (SSSR count). The molecule has 0 atom stereocenters. The summed E-state index contributed by atoms with van der Waals surface area (Å²) >= 11 is 6.05. The van der Waals surface area contributed by atoms with Crippen molar-refractivity contribution in [2.24, 2.45) is 0 Å². The van der Waals surface area contributed by atoms with Gasteiger partial charge in [-0.25, -0.2) is 8.42 Å². The first-order valence-electron chi connectivity index (χ1n) is 10.7. The highest BCUT2D eigenvalue weighted by atomic mass is 32.2. The highest BCUT2D eigenvalue weighted by Gasteiger charge is 2.42. The van der Waals surface area contributed by atoms with Gasteiger partial charge in [-0.3, -0.25) is 24.2 Å². The third-order valence-electron chi connectivity index (χ3n) is 5.32. The Morgan fingerprint density at radius 3 is 2.44 bits per heavy atom. The van der Waals surface area contributed by atoms with Crippen molar-refractivity contribution < 1.29 is 32.1 Å². The molecule has 2 aliphatic heterocycles. The number of thiocarbonyl (C=S) groups is 1. The summed E-state index contributed by atoms with van der Waals surface area (Å²) < 4.78 is 38.5. The molecule has 1 N–H and O–H groups in total. The highest BCUT2D eigenvalue weighted by molar-refractivity contribution is 8.26. The zero-order valence-corrected chi connectivity index (χ0v) is 21.4. The summed E-state index contributed by atoms with van der Waals surface area (Å²) in [5, 5.41) is 2.74. The molecule has 0 unspecified atom stereocenters. The third-order valence-corrected chi connectivity index (χ3v) is 7.45. The fourth-order valence-corrected chi connectivity index (χ4v) is 5.53. The maximum Gasteiger partial charge on any atom is 0.267 e. The van der Waals surface area contributed by atoms with Gasteiger partial charge in [-0.15, -0.1) is 0 Å². The van der Waals surface area contributed by atoms with Gasteiger partial charge in [0.15, 0.2) is 0 Å². The van der Waals surface area contributed by atoms with Crippen LogP contribution in [0.15, 0.2) is 53.4 Å². The number of anilines is 2. The topological polar surface area (TPSA) is 136 Å². The maximum absolute atomic E-state index is 13.4. The molecule has 188 valence electrons. The summed E-state index contributed by atoms with van der Waals surface area (Å²) in [6, 6.07) is 13.5. The number of thioether (sulfide) groups is 1. The van der Waals surface area contributed by atoms with Crippen molar-refractivity contribution >= 4 is 73.1 Å². The zero-order valence-electron chi connectivity index (χ0n) is 18.9. The lowest BCUT2D eigenvalue weighted by atomic mass is 10.1. The number of hydrogen-bond acceptors (Lipinski definition) is 9. The monoisotopic (exact) mass is 546 g/mol.